The molecule has 2 aromatic heterocycles. The van der Waals surface area contributed by atoms with E-state index in [1.807, 2.05) is 41.2 Å². The van der Waals surface area contributed by atoms with Gasteiger partial charge in [0.15, 0.2) is 0 Å². The maximum atomic E-state index is 11.5. The number of nitrogen functional groups attached to an aromatic ring is 1. The Labute approximate surface area is 312 Å². The lowest BCUT2D eigenvalue weighted by atomic mass is 9.98. The number of pyridine rings is 1. The zero-order chi connectivity index (χ0) is 37.3. The smallest absolute Gasteiger partial charge is 0.323 e. The summed E-state index contributed by atoms with van der Waals surface area (Å²) in [4.78, 5) is 17.9. The number of benzene rings is 3. The zero-order valence-corrected chi connectivity index (χ0v) is 29.9. The number of likely N-dealkylation sites (tertiary alicyclic amines) is 1. The van der Waals surface area contributed by atoms with Crippen molar-refractivity contribution in [2.24, 2.45) is 0 Å². The van der Waals surface area contributed by atoms with Gasteiger partial charge in [-0.1, -0.05) is 41.9 Å². The lowest BCUT2D eigenvalue weighted by Crippen LogP contribution is -2.39. The van der Waals surface area contributed by atoms with Gasteiger partial charge in [0.25, 0.3) is 0 Å². The van der Waals surface area contributed by atoms with Crippen molar-refractivity contribution >= 4 is 34.2 Å². The molecule has 0 aliphatic carbocycles. The van der Waals surface area contributed by atoms with E-state index >= 15 is 0 Å². The molecule has 1 saturated heterocycles. The predicted molar refractivity (Wildman–Crippen MR) is 200 cm³/mol. The number of unbranched alkanes of at least 4 members (excludes halogenated alkanes) is 1. The minimum Gasteiger partial charge on any atom is -0.488 e. The Kier molecular flexibility index (Phi) is 12.4. The van der Waals surface area contributed by atoms with Crippen molar-refractivity contribution < 1.29 is 29.6 Å². The number of para-hydroxylation sites is 1. The fourth-order valence-electron chi connectivity index (χ4n) is 6.47. The molecule has 6 rings (SSSR count). The van der Waals surface area contributed by atoms with Crippen molar-refractivity contribution in [1.29, 1.82) is 5.26 Å². The molecule has 2 atom stereocenters. The molecule has 0 amide bonds. The van der Waals surface area contributed by atoms with E-state index in [0.717, 1.165) is 73.0 Å². The van der Waals surface area contributed by atoms with Gasteiger partial charge >= 0.3 is 5.97 Å². The summed E-state index contributed by atoms with van der Waals surface area (Å²) in [6.45, 7) is 3.07. The van der Waals surface area contributed by atoms with E-state index in [0.29, 0.717) is 33.9 Å². The van der Waals surface area contributed by atoms with Gasteiger partial charge in [0.05, 0.1) is 35.0 Å². The number of aliphatic carboxylic acids is 1. The van der Waals surface area contributed by atoms with Gasteiger partial charge in [-0.25, -0.2) is 0 Å². The van der Waals surface area contributed by atoms with Gasteiger partial charge < -0.3 is 35.4 Å². The molecule has 276 valence electrons. The molecule has 0 radical (unpaired) electrons. The van der Waals surface area contributed by atoms with E-state index in [9.17, 15) is 25.4 Å². The summed E-state index contributed by atoms with van der Waals surface area (Å²) < 4.78 is 14.4. The molecule has 0 bridgehead atoms. The van der Waals surface area contributed by atoms with Crippen LogP contribution in [-0.4, -0.2) is 79.3 Å². The van der Waals surface area contributed by atoms with Crippen LogP contribution in [0.4, 0.5) is 5.69 Å². The number of nitrogens with zero attached hydrogens (tertiary/aromatic N) is 5. The van der Waals surface area contributed by atoms with Crippen LogP contribution in [0.5, 0.6) is 11.5 Å². The highest BCUT2D eigenvalue weighted by molar-refractivity contribution is 6.32. The number of aryl methyl sites for hydroxylation is 1. The summed E-state index contributed by atoms with van der Waals surface area (Å²) in [7, 11) is 0. The van der Waals surface area contributed by atoms with Crippen molar-refractivity contribution in [2.75, 3.05) is 32.0 Å². The first-order chi connectivity index (χ1) is 25.7. The fourth-order valence-corrected chi connectivity index (χ4v) is 6.71. The van der Waals surface area contributed by atoms with Crippen LogP contribution in [0.1, 0.15) is 41.5 Å². The van der Waals surface area contributed by atoms with Crippen LogP contribution in [0.2, 0.25) is 5.02 Å². The Morgan fingerprint density at radius 1 is 1.04 bits per heavy atom. The number of fused-ring (bicyclic) bond motifs is 1. The standard InChI is InChI=1S/C39H42ClN7O6/c40-33-14-28(19-44-34(22-48)39(50)51)36(52-23-26-13-25(16-41)17-43-18-26)15-37(33)53-24-27-5-3-7-31(38(27)42)30-6-4-8-35-32(30)20-45-47(35)11-2-1-10-46-12-9-29(49)21-46/h3-8,13-15,17-18,20,29,34,44,48-49H,1-2,9-12,19,21-24,42H2,(H,50,51)/t29-,34+/m1/s1. The third-order valence-electron chi connectivity index (χ3n) is 9.35. The number of nitriles is 1. The number of hydrogen-bond donors (Lipinski definition) is 5. The number of ether oxygens (including phenoxy) is 2. The van der Waals surface area contributed by atoms with E-state index in [4.69, 9.17) is 31.9 Å². The Hall–Kier alpha value is -5.23. The number of aliphatic hydroxyl groups is 2. The van der Waals surface area contributed by atoms with E-state index in [1.54, 1.807) is 24.4 Å². The largest absolute Gasteiger partial charge is 0.488 e. The summed E-state index contributed by atoms with van der Waals surface area (Å²) in [5.74, 6) is -0.515. The second kappa shape index (κ2) is 17.5. The molecule has 53 heavy (non-hydrogen) atoms. The third-order valence-corrected chi connectivity index (χ3v) is 9.65. The van der Waals surface area contributed by atoms with E-state index in [-0.39, 0.29) is 30.9 Å². The monoisotopic (exact) mass is 739 g/mol. The van der Waals surface area contributed by atoms with Crippen molar-refractivity contribution in [2.45, 2.75) is 57.7 Å². The summed E-state index contributed by atoms with van der Waals surface area (Å²) in [6.07, 6.45) is 7.58. The normalized spacial score (nSPS) is 15.0. The zero-order valence-electron chi connectivity index (χ0n) is 29.1. The highest BCUT2D eigenvalue weighted by atomic mass is 35.5. The molecule has 13 nitrogen and oxygen atoms in total. The number of anilines is 1. The SMILES string of the molecule is N#Cc1cncc(COc2cc(OCc3cccc(-c4cccc5c4cnn5CCCCN4CC[C@@H](O)C4)c3N)c(Cl)cc2CN[C@@H](CO)C(=O)O)c1. The van der Waals surface area contributed by atoms with Gasteiger partial charge in [-0.3, -0.25) is 19.8 Å². The highest BCUT2D eigenvalue weighted by Gasteiger charge is 2.21. The van der Waals surface area contributed by atoms with Crippen LogP contribution in [0, 0.1) is 11.3 Å². The van der Waals surface area contributed by atoms with Crippen molar-refractivity contribution in [3.05, 3.63) is 100 Å². The maximum Gasteiger partial charge on any atom is 0.323 e. The summed E-state index contributed by atoms with van der Waals surface area (Å²) >= 11 is 6.68. The van der Waals surface area contributed by atoms with Crippen LogP contribution >= 0.6 is 11.6 Å². The number of carbonyl (C=O) groups is 1. The van der Waals surface area contributed by atoms with Gasteiger partial charge in [0, 0.05) is 78.0 Å². The molecule has 0 spiro atoms. The number of rotatable bonds is 17. The molecule has 0 unspecified atom stereocenters. The Balaban J connectivity index is 1.18. The molecule has 1 fully saturated rings. The first kappa shape index (κ1) is 37.5. The van der Waals surface area contributed by atoms with Gasteiger partial charge in [0.2, 0.25) is 0 Å². The van der Waals surface area contributed by atoms with Crippen LogP contribution in [0.25, 0.3) is 22.0 Å². The molecular weight excluding hydrogens is 698 g/mol. The maximum absolute atomic E-state index is 11.5. The van der Waals surface area contributed by atoms with Crippen LogP contribution in [0.15, 0.2) is 73.2 Å². The van der Waals surface area contributed by atoms with E-state index in [2.05, 4.69) is 27.3 Å². The number of carboxylic acid groups (broad SMARTS) is 1. The van der Waals surface area contributed by atoms with Crippen LogP contribution < -0.4 is 20.5 Å². The molecule has 1 aliphatic heterocycles. The first-order valence-corrected chi connectivity index (χ1v) is 17.8. The Morgan fingerprint density at radius 3 is 2.60 bits per heavy atom. The molecule has 0 saturated carbocycles. The lowest BCUT2D eigenvalue weighted by molar-refractivity contribution is -0.140. The number of carboxylic acids is 1. The minimum atomic E-state index is -1.20. The molecule has 14 heteroatoms. The van der Waals surface area contributed by atoms with Gasteiger partial charge in [-0.2, -0.15) is 10.4 Å². The number of halogens is 1. The topological polar surface area (TPSA) is 192 Å². The molecule has 1 aliphatic rings. The second-order valence-corrected chi connectivity index (χ2v) is 13.5. The van der Waals surface area contributed by atoms with Gasteiger partial charge in [0.1, 0.15) is 36.8 Å². The number of nitrogens with one attached hydrogen (secondary N) is 1. The van der Waals surface area contributed by atoms with Gasteiger partial charge in [-0.15, -0.1) is 0 Å². The van der Waals surface area contributed by atoms with Crippen molar-refractivity contribution in [1.82, 2.24) is 25.0 Å². The number of aromatic nitrogens is 3. The van der Waals surface area contributed by atoms with E-state index < -0.39 is 18.6 Å². The molecule has 6 N–H and O–H groups in total. The number of hydrogen-bond acceptors (Lipinski definition) is 11. The third kappa shape index (κ3) is 9.23. The number of β-amino-alcohol motifs (C(OH)–C–C–N with tert-alkyl or cyclic N) is 1. The second-order valence-electron chi connectivity index (χ2n) is 13.1. The summed E-state index contributed by atoms with van der Waals surface area (Å²) in [5, 5.41) is 46.7. The van der Waals surface area contributed by atoms with Crippen molar-refractivity contribution in [3.8, 4) is 28.7 Å². The first-order valence-electron chi connectivity index (χ1n) is 17.5. The molecule has 5 aromatic rings. The van der Waals surface area contributed by atoms with Crippen LogP contribution in [-0.2, 0) is 31.1 Å². The van der Waals surface area contributed by atoms with Crippen molar-refractivity contribution in [3.63, 3.8) is 0 Å². The molecule has 3 aromatic carbocycles. The molecular formula is C39H42ClN7O6. The Morgan fingerprint density at radius 2 is 1.83 bits per heavy atom. The lowest BCUT2D eigenvalue weighted by Gasteiger charge is -2.18. The number of nitrogens with two attached hydrogens (primary N) is 1. The van der Waals surface area contributed by atoms with Gasteiger partial charge in [-0.05, 0) is 49.6 Å². The molecule has 3 heterocycles. The quantitative estimate of drug-likeness (QED) is 0.0651. The number of aliphatic hydroxyl groups excluding tert-OH is 2. The fraction of sp³-hybridized carbons (Fsp3) is 0.333. The Bertz CT molecular complexity index is 2100. The summed E-state index contributed by atoms with van der Waals surface area (Å²) in [5.41, 5.74) is 12.5. The summed E-state index contributed by atoms with van der Waals surface area (Å²) in [6, 6.07) is 17.7. The predicted octanol–water partition coefficient (Wildman–Crippen LogP) is 4.75. The average molecular weight is 740 g/mol. The minimum absolute atomic E-state index is 0.0318. The van der Waals surface area contributed by atoms with Crippen LogP contribution in [0.3, 0.4) is 0 Å². The average Bonchev–Trinajstić information content (AvgIpc) is 3.78. The highest BCUT2D eigenvalue weighted by Crippen LogP contribution is 2.37. The van der Waals surface area contributed by atoms with E-state index in [1.165, 1.54) is 6.20 Å².